The molecule has 59 heavy (non-hydrogen) atoms. The summed E-state index contributed by atoms with van der Waals surface area (Å²) < 4.78 is 30.8. The maximum atomic E-state index is 8.98. The second-order valence-corrected chi connectivity index (χ2v) is 15.4. The minimum atomic E-state index is -1.58. The molecule has 0 fully saturated rings. The van der Waals surface area contributed by atoms with Gasteiger partial charge in [0.05, 0.1) is 16.7 Å². The Kier molecular flexibility index (Phi) is 9.45. The van der Waals surface area contributed by atoms with Crippen LogP contribution in [0.2, 0.25) is 0 Å². The molecule has 0 amide bonds. The molecule has 0 aliphatic rings. The molecular weight excluding hydrogens is 904 g/mol. The SMILES string of the molecule is [2H]C([2H])(c1ccnc(-n2c3[c-]c(Oc4[c-]c(-n5[c-][n+](-c6c(-c7ccccc7)cccc6-c6ccccc6)c6ccccc65)ccc4)ccc3c3ccccc32)c1)C(C)(C)C.[Pt]. The average Bonchev–Trinajstić information content (AvgIpc) is 3.82. The van der Waals surface area contributed by atoms with Crippen molar-refractivity contribution in [3.63, 3.8) is 0 Å². The van der Waals surface area contributed by atoms with E-state index in [1.165, 1.54) is 0 Å². The molecular formula is C53H40N4OPt-2. The van der Waals surface area contributed by atoms with Crippen LogP contribution in [-0.4, -0.2) is 14.1 Å². The van der Waals surface area contributed by atoms with Crippen LogP contribution in [0.3, 0.4) is 0 Å². The second kappa shape index (κ2) is 15.7. The van der Waals surface area contributed by atoms with Gasteiger partial charge in [-0.2, -0.15) is 18.2 Å². The van der Waals surface area contributed by atoms with E-state index in [0.29, 0.717) is 22.9 Å². The van der Waals surface area contributed by atoms with E-state index in [1.54, 1.807) is 12.3 Å². The first-order valence-electron chi connectivity index (χ1n) is 20.5. The number of hydrogen-bond acceptors (Lipinski definition) is 2. The van der Waals surface area contributed by atoms with E-state index in [0.717, 1.165) is 66.5 Å². The zero-order chi connectivity index (χ0) is 41.0. The van der Waals surface area contributed by atoms with Crippen LogP contribution in [0.5, 0.6) is 11.5 Å². The van der Waals surface area contributed by atoms with Gasteiger partial charge in [0.15, 0.2) is 0 Å². The van der Waals surface area contributed by atoms with E-state index in [2.05, 4.69) is 120 Å². The molecule has 7 aromatic carbocycles. The van der Waals surface area contributed by atoms with Crippen LogP contribution < -0.4 is 9.30 Å². The maximum Gasteiger partial charge on any atom is 0.268 e. The van der Waals surface area contributed by atoms with Crippen molar-refractivity contribution in [2.75, 3.05) is 0 Å². The van der Waals surface area contributed by atoms with Crippen LogP contribution in [0.25, 0.3) is 72.3 Å². The van der Waals surface area contributed by atoms with Crippen LogP contribution in [-0.2, 0) is 27.4 Å². The molecule has 5 nitrogen and oxygen atoms in total. The second-order valence-electron chi connectivity index (χ2n) is 15.4. The Morgan fingerprint density at radius 2 is 1.29 bits per heavy atom. The van der Waals surface area contributed by atoms with E-state index in [9.17, 15) is 0 Å². The molecule has 0 radical (unpaired) electrons. The first kappa shape index (κ1) is 35.6. The van der Waals surface area contributed by atoms with Crippen LogP contribution in [0.15, 0.2) is 176 Å². The van der Waals surface area contributed by atoms with Crippen molar-refractivity contribution < 1.29 is 33.1 Å². The van der Waals surface area contributed by atoms with Crippen molar-refractivity contribution in [3.8, 4) is 50.9 Å². The fourth-order valence-electron chi connectivity index (χ4n) is 7.86. The molecule has 0 N–H and O–H groups in total. The van der Waals surface area contributed by atoms with Gasteiger partial charge in [0.2, 0.25) is 0 Å². The van der Waals surface area contributed by atoms with Gasteiger partial charge in [0.1, 0.15) is 5.82 Å². The summed E-state index contributed by atoms with van der Waals surface area (Å²) in [4.78, 5) is 4.75. The Labute approximate surface area is 361 Å². The Hall–Kier alpha value is -6.55. The number of hydrogen-bond donors (Lipinski definition) is 0. The van der Waals surface area contributed by atoms with Gasteiger partial charge in [-0.3, -0.25) is 4.57 Å². The summed E-state index contributed by atoms with van der Waals surface area (Å²) in [5, 5.41) is 2.04. The van der Waals surface area contributed by atoms with Crippen LogP contribution in [0.4, 0.5) is 0 Å². The number of imidazole rings is 1. The van der Waals surface area contributed by atoms with Gasteiger partial charge in [-0.05, 0) is 68.9 Å². The topological polar surface area (TPSA) is 35.9 Å². The Balaban J connectivity index is 0.00000476. The van der Waals surface area contributed by atoms with Gasteiger partial charge in [0, 0.05) is 47.0 Å². The van der Waals surface area contributed by atoms with E-state index in [-0.39, 0.29) is 21.1 Å². The normalized spacial score (nSPS) is 12.3. The Morgan fingerprint density at radius 1 is 0.644 bits per heavy atom. The summed E-state index contributed by atoms with van der Waals surface area (Å²) in [6.07, 6.45) is 3.83. The van der Waals surface area contributed by atoms with Gasteiger partial charge in [-0.15, -0.1) is 29.7 Å². The van der Waals surface area contributed by atoms with E-state index < -0.39 is 11.8 Å². The van der Waals surface area contributed by atoms with Gasteiger partial charge in [-0.1, -0.05) is 148 Å². The van der Waals surface area contributed by atoms with Gasteiger partial charge < -0.3 is 13.9 Å². The van der Waals surface area contributed by atoms with E-state index in [1.807, 2.05) is 96.6 Å². The predicted molar refractivity (Wildman–Crippen MR) is 234 cm³/mol. The summed E-state index contributed by atoms with van der Waals surface area (Å²) >= 11 is 0. The largest absolute Gasteiger partial charge is 0.510 e. The summed E-state index contributed by atoms with van der Waals surface area (Å²) in [6.45, 7) is 5.75. The molecule has 3 aromatic heterocycles. The quantitative estimate of drug-likeness (QED) is 0.112. The minimum Gasteiger partial charge on any atom is -0.510 e. The van der Waals surface area contributed by atoms with E-state index in [4.69, 9.17) is 12.5 Å². The number of benzene rings is 7. The molecule has 0 unspecified atom stereocenters. The molecule has 0 bridgehead atoms. The first-order valence-corrected chi connectivity index (χ1v) is 19.5. The van der Waals surface area contributed by atoms with Crippen molar-refractivity contribution in [2.24, 2.45) is 5.41 Å². The number of nitrogens with zero attached hydrogens (tertiary/aromatic N) is 4. The molecule has 290 valence electrons. The first-order chi connectivity index (χ1) is 29.2. The van der Waals surface area contributed by atoms with Crippen LogP contribution in [0.1, 0.15) is 29.1 Å². The molecule has 0 spiro atoms. The molecule has 0 atom stereocenters. The molecule has 0 aliphatic carbocycles. The maximum absolute atomic E-state index is 8.98. The molecule has 3 heterocycles. The molecule has 10 aromatic rings. The number of para-hydroxylation sites is 4. The molecule has 10 rings (SSSR count). The number of aromatic nitrogens is 4. The molecule has 0 saturated carbocycles. The van der Waals surface area contributed by atoms with Gasteiger partial charge in [0.25, 0.3) is 6.33 Å². The number of ether oxygens (including phenoxy) is 1. The average molecular weight is 946 g/mol. The number of pyridine rings is 1. The van der Waals surface area contributed by atoms with Gasteiger partial charge >= 0.3 is 0 Å². The third-order valence-electron chi connectivity index (χ3n) is 10.3. The smallest absolute Gasteiger partial charge is 0.268 e. The van der Waals surface area contributed by atoms with E-state index >= 15 is 0 Å². The Bertz CT molecular complexity index is 3150. The van der Waals surface area contributed by atoms with Gasteiger partial charge in [-0.25, -0.2) is 4.98 Å². The zero-order valence-corrected chi connectivity index (χ0v) is 35.0. The third kappa shape index (κ3) is 7.28. The number of fused-ring (bicyclic) bond motifs is 4. The molecule has 6 heteroatoms. The van der Waals surface area contributed by atoms with Crippen molar-refractivity contribution in [2.45, 2.75) is 27.1 Å². The predicted octanol–water partition coefficient (Wildman–Crippen LogP) is 12.5. The minimum absolute atomic E-state index is 0. The summed E-state index contributed by atoms with van der Waals surface area (Å²) in [7, 11) is 0. The van der Waals surface area contributed by atoms with Crippen LogP contribution >= 0.6 is 0 Å². The third-order valence-corrected chi connectivity index (χ3v) is 10.3. The van der Waals surface area contributed by atoms with Crippen LogP contribution in [0, 0.1) is 23.9 Å². The number of rotatable bonds is 8. The fourth-order valence-corrected chi connectivity index (χ4v) is 7.86. The zero-order valence-electron chi connectivity index (χ0n) is 34.8. The van der Waals surface area contributed by atoms with Crippen molar-refractivity contribution in [1.82, 2.24) is 14.1 Å². The fraction of sp³-hybridized carbons (Fsp3) is 0.0943. The summed E-state index contributed by atoms with van der Waals surface area (Å²) in [5.41, 5.74) is 9.88. The van der Waals surface area contributed by atoms with Crippen molar-refractivity contribution in [3.05, 3.63) is 200 Å². The standard InChI is InChI=1S/C53H40N4O.Pt/c1-53(2,3)35-37-30-31-54-51(32-37)57-47-25-11-10-22-45(47)46-29-28-42(34-50(46)57)58-41-21-14-20-40(33-41)55-36-56(49-27-13-12-26-48(49)55)52-43(38-16-6-4-7-17-38)23-15-24-44(52)39-18-8-5-9-19-39;/h4-32H,35H2,1-3H3;/q-2;/i35D2;. The summed E-state index contributed by atoms with van der Waals surface area (Å²) in [6, 6.07) is 64.5. The van der Waals surface area contributed by atoms with Crippen molar-refractivity contribution in [1.29, 1.82) is 0 Å². The Morgan fingerprint density at radius 3 is 2.02 bits per heavy atom. The monoisotopic (exact) mass is 945 g/mol. The molecule has 0 aliphatic heterocycles. The molecule has 0 saturated heterocycles. The summed E-state index contributed by atoms with van der Waals surface area (Å²) in [5.74, 6) is 1.65. The van der Waals surface area contributed by atoms with Crippen molar-refractivity contribution >= 4 is 32.8 Å².